The number of hydrogen-bond acceptors (Lipinski definition) is 4. The van der Waals surface area contributed by atoms with Crippen molar-refractivity contribution in [1.82, 2.24) is 15.0 Å². The van der Waals surface area contributed by atoms with Gasteiger partial charge in [-0.1, -0.05) is 35.0 Å². The lowest BCUT2D eigenvalue weighted by Crippen LogP contribution is -2.30. The minimum Gasteiger partial charge on any atom is -0.337 e. The van der Waals surface area contributed by atoms with Crippen molar-refractivity contribution in [3.8, 4) is 11.4 Å². The van der Waals surface area contributed by atoms with E-state index in [0.29, 0.717) is 40.8 Å². The van der Waals surface area contributed by atoms with Crippen LogP contribution < -0.4 is 0 Å². The van der Waals surface area contributed by atoms with Gasteiger partial charge >= 0.3 is 0 Å². The van der Waals surface area contributed by atoms with Crippen molar-refractivity contribution in [2.75, 3.05) is 6.54 Å². The average molecular weight is 372 g/mol. The summed E-state index contributed by atoms with van der Waals surface area (Å²) in [7, 11) is 0. The van der Waals surface area contributed by atoms with Crippen LogP contribution in [0.1, 0.15) is 35.1 Å². The summed E-state index contributed by atoms with van der Waals surface area (Å²) in [6, 6.07) is 12.6. The summed E-state index contributed by atoms with van der Waals surface area (Å²) >= 11 is 6.18. The second kappa shape index (κ2) is 6.88. The second-order valence-electron chi connectivity index (χ2n) is 6.10. The smallest absolute Gasteiger partial charge is 0.254 e. The van der Waals surface area contributed by atoms with Gasteiger partial charge in [0.25, 0.3) is 5.91 Å². The molecule has 3 aromatic rings. The first-order valence-electron chi connectivity index (χ1n) is 8.28. The molecule has 26 heavy (non-hydrogen) atoms. The zero-order valence-corrected chi connectivity index (χ0v) is 14.5. The third-order valence-electron chi connectivity index (χ3n) is 4.43. The Morgan fingerprint density at radius 3 is 2.88 bits per heavy atom. The van der Waals surface area contributed by atoms with Gasteiger partial charge in [0.05, 0.1) is 5.02 Å². The molecule has 1 aliphatic heterocycles. The zero-order chi connectivity index (χ0) is 18.1. The van der Waals surface area contributed by atoms with Crippen LogP contribution in [0.2, 0.25) is 5.02 Å². The maximum absolute atomic E-state index is 13.4. The Hall–Kier alpha value is -2.73. The molecule has 1 aliphatic rings. The van der Waals surface area contributed by atoms with Gasteiger partial charge in [0, 0.05) is 17.7 Å². The number of carbonyl (C=O) groups is 1. The number of carbonyl (C=O) groups excluding carboxylic acids is 1. The molecule has 0 radical (unpaired) electrons. The van der Waals surface area contributed by atoms with Crippen molar-refractivity contribution >= 4 is 17.5 Å². The number of nitrogens with zero attached hydrogens (tertiary/aromatic N) is 3. The molecule has 4 rings (SSSR count). The summed E-state index contributed by atoms with van der Waals surface area (Å²) in [5, 5.41) is 4.53. The van der Waals surface area contributed by atoms with Crippen LogP contribution in [-0.4, -0.2) is 27.5 Å². The van der Waals surface area contributed by atoms with E-state index in [1.54, 1.807) is 23.1 Å². The Balaban J connectivity index is 1.61. The van der Waals surface area contributed by atoms with Crippen LogP contribution in [0.4, 0.5) is 4.39 Å². The van der Waals surface area contributed by atoms with Crippen LogP contribution in [0.15, 0.2) is 53.1 Å². The fourth-order valence-electron chi connectivity index (χ4n) is 3.18. The normalized spacial score (nSPS) is 16.8. The summed E-state index contributed by atoms with van der Waals surface area (Å²) < 4.78 is 18.8. The lowest BCUT2D eigenvalue weighted by Gasteiger charge is -2.21. The molecule has 132 valence electrons. The molecular formula is C19H15ClFN3O2. The first-order valence-corrected chi connectivity index (χ1v) is 8.66. The molecule has 2 heterocycles. The van der Waals surface area contributed by atoms with Gasteiger partial charge in [0.1, 0.15) is 11.9 Å². The Bertz CT molecular complexity index is 959. The topological polar surface area (TPSA) is 59.2 Å². The molecule has 1 aromatic heterocycles. The third-order valence-corrected chi connectivity index (χ3v) is 4.76. The Morgan fingerprint density at radius 2 is 2.08 bits per heavy atom. The Labute approximate surface area is 154 Å². The van der Waals surface area contributed by atoms with Crippen molar-refractivity contribution in [2.24, 2.45) is 0 Å². The molecule has 1 saturated heterocycles. The van der Waals surface area contributed by atoms with E-state index < -0.39 is 5.82 Å². The Morgan fingerprint density at radius 1 is 1.23 bits per heavy atom. The number of halogens is 2. The number of rotatable bonds is 3. The lowest BCUT2D eigenvalue weighted by atomic mass is 10.1. The van der Waals surface area contributed by atoms with Gasteiger partial charge in [-0.3, -0.25) is 4.79 Å². The monoisotopic (exact) mass is 371 g/mol. The molecular weight excluding hydrogens is 357 g/mol. The van der Waals surface area contributed by atoms with Crippen molar-refractivity contribution in [3.63, 3.8) is 0 Å². The summed E-state index contributed by atoms with van der Waals surface area (Å²) in [6.07, 6.45) is 1.53. The molecule has 5 nitrogen and oxygen atoms in total. The minimum atomic E-state index is -0.439. The first kappa shape index (κ1) is 16.7. The van der Waals surface area contributed by atoms with E-state index in [4.69, 9.17) is 16.1 Å². The fraction of sp³-hybridized carbons (Fsp3) is 0.211. The van der Waals surface area contributed by atoms with E-state index in [-0.39, 0.29) is 11.9 Å². The number of likely N-dealkylation sites (tertiary alicyclic amines) is 1. The van der Waals surface area contributed by atoms with Gasteiger partial charge in [-0.2, -0.15) is 4.98 Å². The van der Waals surface area contributed by atoms with Crippen molar-refractivity contribution in [2.45, 2.75) is 18.9 Å². The van der Waals surface area contributed by atoms with E-state index in [0.717, 1.165) is 6.42 Å². The molecule has 1 unspecified atom stereocenters. The van der Waals surface area contributed by atoms with Crippen LogP contribution >= 0.6 is 11.6 Å². The van der Waals surface area contributed by atoms with E-state index in [1.165, 1.54) is 18.2 Å². The van der Waals surface area contributed by atoms with Crippen LogP contribution in [-0.2, 0) is 0 Å². The Kier molecular flexibility index (Phi) is 4.42. The highest BCUT2D eigenvalue weighted by Gasteiger charge is 2.34. The number of hydrogen-bond donors (Lipinski definition) is 0. The van der Waals surface area contributed by atoms with E-state index in [9.17, 15) is 9.18 Å². The predicted octanol–water partition coefficient (Wildman–Crippen LogP) is 4.51. The summed E-state index contributed by atoms with van der Waals surface area (Å²) in [6.45, 7) is 0.559. The van der Waals surface area contributed by atoms with Gasteiger partial charge in [-0.05, 0) is 43.2 Å². The summed E-state index contributed by atoms with van der Waals surface area (Å²) in [5.74, 6) is 0.0627. The second-order valence-corrected chi connectivity index (χ2v) is 6.51. The molecule has 0 spiro atoms. The van der Waals surface area contributed by atoms with Gasteiger partial charge in [-0.25, -0.2) is 4.39 Å². The van der Waals surface area contributed by atoms with Gasteiger partial charge < -0.3 is 9.42 Å². The zero-order valence-electron chi connectivity index (χ0n) is 13.7. The molecule has 7 heteroatoms. The van der Waals surface area contributed by atoms with Gasteiger partial charge in [0.15, 0.2) is 0 Å². The van der Waals surface area contributed by atoms with Crippen LogP contribution in [0.3, 0.4) is 0 Å². The molecule has 0 aliphatic carbocycles. The molecule has 1 fully saturated rings. The molecule has 1 amide bonds. The molecule has 0 N–H and O–H groups in total. The highest BCUT2D eigenvalue weighted by Crippen LogP contribution is 2.34. The first-order chi connectivity index (χ1) is 12.6. The molecule has 2 aromatic carbocycles. The van der Waals surface area contributed by atoms with Crippen LogP contribution in [0.25, 0.3) is 11.4 Å². The van der Waals surface area contributed by atoms with E-state index in [2.05, 4.69) is 10.1 Å². The molecule has 1 atom stereocenters. The third kappa shape index (κ3) is 3.08. The molecule has 0 bridgehead atoms. The summed E-state index contributed by atoms with van der Waals surface area (Å²) in [5.41, 5.74) is 0.980. The van der Waals surface area contributed by atoms with Gasteiger partial charge in [-0.15, -0.1) is 0 Å². The lowest BCUT2D eigenvalue weighted by molar-refractivity contribution is 0.0709. The minimum absolute atomic E-state index is 0.246. The highest BCUT2D eigenvalue weighted by atomic mass is 35.5. The van der Waals surface area contributed by atoms with Crippen molar-refractivity contribution in [3.05, 3.63) is 70.8 Å². The van der Waals surface area contributed by atoms with Crippen LogP contribution in [0, 0.1) is 5.82 Å². The van der Waals surface area contributed by atoms with Crippen molar-refractivity contribution in [1.29, 1.82) is 0 Å². The maximum Gasteiger partial charge on any atom is 0.254 e. The SMILES string of the molecule is O=C(c1cccc(F)c1)N1CCCC1c1nc(-c2ccccc2Cl)no1. The van der Waals surface area contributed by atoms with E-state index in [1.807, 2.05) is 12.1 Å². The number of aromatic nitrogens is 2. The number of benzene rings is 2. The highest BCUT2D eigenvalue weighted by molar-refractivity contribution is 6.33. The predicted molar refractivity (Wildman–Crippen MR) is 94.2 cm³/mol. The standard InChI is InChI=1S/C19H15ClFN3O2/c20-15-8-2-1-7-14(15)17-22-18(26-23-17)16-9-4-10-24(16)19(25)12-5-3-6-13(21)11-12/h1-3,5-8,11,16H,4,9-10H2. The maximum atomic E-state index is 13.4. The fourth-order valence-corrected chi connectivity index (χ4v) is 3.40. The molecule has 0 saturated carbocycles. The average Bonchev–Trinajstić information content (AvgIpc) is 3.30. The van der Waals surface area contributed by atoms with E-state index >= 15 is 0 Å². The number of amides is 1. The summed E-state index contributed by atoms with van der Waals surface area (Å²) in [4.78, 5) is 18.9. The van der Waals surface area contributed by atoms with Gasteiger partial charge in [0.2, 0.25) is 11.7 Å². The van der Waals surface area contributed by atoms with Crippen LogP contribution in [0.5, 0.6) is 0 Å². The largest absolute Gasteiger partial charge is 0.337 e. The van der Waals surface area contributed by atoms with Crippen molar-refractivity contribution < 1.29 is 13.7 Å². The quantitative estimate of drug-likeness (QED) is 0.679.